The minimum Gasteiger partial charge on any atom is -0.316 e. The molecule has 0 aromatic carbocycles. The molecule has 1 unspecified atom stereocenters. The summed E-state index contributed by atoms with van der Waals surface area (Å²) >= 11 is 0. The van der Waals surface area contributed by atoms with Gasteiger partial charge in [-0.15, -0.1) is 0 Å². The van der Waals surface area contributed by atoms with Gasteiger partial charge in [0.2, 0.25) is 0 Å². The van der Waals surface area contributed by atoms with Crippen LogP contribution in [0.25, 0.3) is 0 Å². The van der Waals surface area contributed by atoms with Gasteiger partial charge < -0.3 is 5.32 Å². The number of hydrogen-bond acceptors (Lipinski definition) is 3. The largest absolute Gasteiger partial charge is 0.316 e. The van der Waals surface area contributed by atoms with Gasteiger partial charge in [-0.3, -0.25) is 0 Å². The predicted octanol–water partition coefficient (Wildman–Crippen LogP) is 1.59. The lowest BCUT2D eigenvalue weighted by atomic mass is 10.2. The fourth-order valence-electron chi connectivity index (χ4n) is 1.17. The summed E-state index contributed by atoms with van der Waals surface area (Å²) in [5.74, 6) is 0.237. The zero-order valence-electron chi connectivity index (χ0n) is 9.92. The first kappa shape index (κ1) is 13.9. The third-order valence-corrected chi connectivity index (χ3v) is 5.11. The summed E-state index contributed by atoms with van der Waals surface area (Å²) in [6.07, 6.45) is 1.91. The van der Waals surface area contributed by atoms with Gasteiger partial charge in [0.25, 0.3) is 0 Å². The van der Waals surface area contributed by atoms with Crippen LogP contribution in [0.5, 0.6) is 0 Å². The lowest BCUT2D eigenvalue weighted by Gasteiger charge is -2.23. The van der Waals surface area contributed by atoms with Crippen molar-refractivity contribution in [2.75, 3.05) is 12.8 Å². The van der Waals surface area contributed by atoms with Crippen LogP contribution in [0, 0.1) is 0 Å². The molecule has 0 aliphatic heterocycles. The first-order valence-corrected chi connectivity index (χ1v) is 6.79. The van der Waals surface area contributed by atoms with Crippen molar-refractivity contribution in [1.29, 1.82) is 0 Å². The highest BCUT2D eigenvalue weighted by Gasteiger charge is 2.30. The van der Waals surface area contributed by atoms with Gasteiger partial charge in [-0.2, -0.15) is 0 Å². The minimum absolute atomic E-state index is 0.0872. The topological polar surface area (TPSA) is 46.2 Å². The molecule has 0 aromatic rings. The zero-order chi connectivity index (χ0) is 11.4. The van der Waals surface area contributed by atoms with E-state index in [9.17, 15) is 8.42 Å². The first-order valence-electron chi connectivity index (χ1n) is 5.14. The number of sulfone groups is 1. The second kappa shape index (κ2) is 5.12. The maximum absolute atomic E-state index is 11.9. The summed E-state index contributed by atoms with van der Waals surface area (Å²) in [4.78, 5) is 0. The van der Waals surface area contributed by atoms with Crippen LogP contribution in [0.15, 0.2) is 0 Å². The summed E-state index contributed by atoms with van der Waals surface area (Å²) in [5.41, 5.74) is 0. The lowest BCUT2D eigenvalue weighted by molar-refractivity contribution is 0.518. The molecule has 0 rings (SSSR count). The van der Waals surface area contributed by atoms with Crippen molar-refractivity contribution in [2.45, 2.75) is 51.3 Å². The molecule has 4 heteroatoms. The molecular weight excluding hydrogens is 198 g/mol. The van der Waals surface area contributed by atoms with Gasteiger partial charge in [0.05, 0.1) is 10.5 Å². The molecular formula is C10H23NO2S. The molecule has 0 fully saturated rings. The average molecular weight is 221 g/mol. The maximum Gasteiger partial charge on any atom is 0.156 e. The third-order valence-electron chi connectivity index (χ3n) is 2.40. The molecule has 14 heavy (non-hydrogen) atoms. The molecule has 0 spiro atoms. The number of hydrogen-bond donors (Lipinski definition) is 1. The molecule has 0 bridgehead atoms. The quantitative estimate of drug-likeness (QED) is 0.767. The van der Waals surface area contributed by atoms with Gasteiger partial charge >= 0.3 is 0 Å². The Bertz CT molecular complexity index is 252. The van der Waals surface area contributed by atoms with Crippen LogP contribution in [0.2, 0.25) is 0 Å². The van der Waals surface area contributed by atoms with Crippen molar-refractivity contribution >= 4 is 9.84 Å². The monoisotopic (exact) mass is 221 g/mol. The van der Waals surface area contributed by atoms with Crippen molar-refractivity contribution in [2.24, 2.45) is 0 Å². The number of rotatable bonds is 5. The Kier molecular flexibility index (Phi) is 5.09. The van der Waals surface area contributed by atoms with Crippen molar-refractivity contribution in [1.82, 2.24) is 5.32 Å². The molecule has 3 nitrogen and oxygen atoms in total. The molecule has 0 heterocycles. The van der Waals surface area contributed by atoms with Crippen LogP contribution in [0.1, 0.15) is 40.5 Å². The normalized spacial score (nSPS) is 15.5. The summed E-state index contributed by atoms with van der Waals surface area (Å²) in [7, 11) is -1.18. The van der Waals surface area contributed by atoms with Crippen LogP contribution in [0.3, 0.4) is 0 Å². The number of nitrogens with one attached hydrogen (secondary N) is 1. The predicted molar refractivity (Wildman–Crippen MR) is 61.3 cm³/mol. The molecule has 0 aliphatic carbocycles. The van der Waals surface area contributed by atoms with Gasteiger partial charge in [0.1, 0.15) is 0 Å². The summed E-state index contributed by atoms with van der Waals surface area (Å²) in [6.45, 7) is 7.32. The summed E-state index contributed by atoms with van der Waals surface area (Å²) in [5, 5.41) is 3.05. The third kappa shape index (κ3) is 3.96. The Morgan fingerprint density at radius 3 is 2.07 bits per heavy atom. The summed E-state index contributed by atoms with van der Waals surface area (Å²) in [6, 6.07) is 0.0872. The Balaban J connectivity index is 4.49. The van der Waals surface area contributed by atoms with E-state index in [1.807, 2.05) is 7.05 Å². The van der Waals surface area contributed by atoms with Crippen molar-refractivity contribution in [3.8, 4) is 0 Å². The lowest BCUT2D eigenvalue weighted by Crippen LogP contribution is -2.40. The molecule has 1 atom stereocenters. The maximum atomic E-state index is 11.9. The molecule has 0 aliphatic rings. The Hall–Kier alpha value is -0.0900. The highest BCUT2D eigenvalue weighted by Crippen LogP contribution is 2.17. The average Bonchev–Trinajstić information content (AvgIpc) is 2.01. The van der Waals surface area contributed by atoms with Crippen LogP contribution in [0.4, 0.5) is 0 Å². The van der Waals surface area contributed by atoms with Crippen LogP contribution in [-0.2, 0) is 9.84 Å². The van der Waals surface area contributed by atoms with E-state index >= 15 is 0 Å². The first-order chi connectivity index (χ1) is 6.24. The van der Waals surface area contributed by atoms with Crippen LogP contribution >= 0.6 is 0 Å². The summed E-state index contributed by atoms with van der Waals surface area (Å²) < 4.78 is 23.1. The van der Waals surface area contributed by atoms with Gasteiger partial charge in [0.15, 0.2) is 9.84 Å². The van der Waals surface area contributed by atoms with E-state index in [-0.39, 0.29) is 11.8 Å². The van der Waals surface area contributed by atoms with Gasteiger partial charge in [-0.25, -0.2) is 8.42 Å². The van der Waals surface area contributed by atoms with Crippen molar-refractivity contribution in [3.63, 3.8) is 0 Å². The fourth-order valence-corrected chi connectivity index (χ4v) is 2.54. The Morgan fingerprint density at radius 1 is 1.29 bits per heavy atom. The van der Waals surface area contributed by atoms with Crippen molar-refractivity contribution in [3.05, 3.63) is 0 Å². The molecule has 0 aromatic heterocycles. The van der Waals surface area contributed by atoms with E-state index in [0.29, 0.717) is 0 Å². The zero-order valence-corrected chi connectivity index (χ0v) is 10.7. The smallest absolute Gasteiger partial charge is 0.156 e. The van der Waals surface area contributed by atoms with E-state index in [4.69, 9.17) is 0 Å². The molecule has 0 amide bonds. The molecule has 1 N–H and O–H groups in total. The standard InChI is InChI=1S/C10H23NO2S/c1-6-7-9(11-5)8-14(12,13)10(2,3)4/h9,11H,6-8H2,1-5H3. The van der Waals surface area contributed by atoms with E-state index < -0.39 is 14.6 Å². The van der Waals surface area contributed by atoms with Crippen LogP contribution < -0.4 is 5.32 Å². The molecule has 86 valence electrons. The van der Waals surface area contributed by atoms with Crippen molar-refractivity contribution < 1.29 is 8.42 Å². The van der Waals surface area contributed by atoms with Crippen LogP contribution in [-0.4, -0.2) is 32.0 Å². The Morgan fingerprint density at radius 2 is 1.79 bits per heavy atom. The molecule has 0 saturated heterocycles. The second-order valence-electron chi connectivity index (χ2n) is 4.67. The van der Waals surface area contributed by atoms with E-state index in [1.54, 1.807) is 20.8 Å². The highest BCUT2D eigenvalue weighted by molar-refractivity contribution is 7.92. The van der Waals surface area contributed by atoms with E-state index in [1.165, 1.54) is 0 Å². The molecule has 0 saturated carbocycles. The Labute approximate surface area is 88.2 Å². The molecule has 0 radical (unpaired) electrons. The van der Waals surface area contributed by atoms with Gasteiger partial charge in [-0.05, 0) is 34.2 Å². The van der Waals surface area contributed by atoms with Gasteiger partial charge in [0, 0.05) is 6.04 Å². The highest BCUT2D eigenvalue weighted by atomic mass is 32.2. The SMILES string of the molecule is CCCC(CS(=O)(=O)C(C)(C)C)NC. The van der Waals surface area contributed by atoms with E-state index in [2.05, 4.69) is 12.2 Å². The van der Waals surface area contributed by atoms with E-state index in [0.717, 1.165) is 12.8 Å². The van der Waals surface area contributed by atoms with Gasteiger partial charge in [-0.1, -0.05) is 13.3 Å². The minimum atomic E-state index is -2.99. The second-order valence-corrected chi connectivity index (χ2v) is 7.46. The fraction of sp³-hybridized carbons (Fsp3) is 1.00.